The fourth-order valence-electron chi connectivity index (χ4n) is 3.10. The number of hydrogen-bond acceptors (Lipinski definition) is 3. The molecule has 0 atom stereocenters. The fourth-order valence-corrected chi connectivity index (χ4v) is 3.81. The average molecular weight is 351 g/mol. The van der Waals surface area contributed by atoms with E-state index < -0.39 is 0 Å². The summed E-state index contributed by atoms with van der Waals surface area (Å²) in [5, 5.41) is 2.54. The molecule has 5 nitrogen and oxygen atoms in total. The van der Waals surface area contributed by atoms with E-state index >= 15 is 0 Å². The summed E-state index contributed by atoms with van der Waals surface area (Å²) in [6.45, 7) is 3.05. The summed E-state index contributed by atoms with van der Waals surface area (Å²) in [7, 11) is 0. The Bertz CT molecular complexity index is 1140. The van der Waals surface area contributed by atoms with Crippen LogP contribution in [-0.2, 0) is 13.1 Å². The van der Waals surface area contributed by atoms with E-state index in [1.807, 2.05) is 59.5 Å². The Hall–Kier alpha value is -2.86. The molecule has 126 valence electrons. The summed E-state index contributed by atoms with van der Waals surface area (Å²) in [4.78, 5) is 26.6. The van der Waals surface area contributed by atoms with Crippen LogP contribution in [0.4, 0.5) is 0 Å². The highest BCUT2D eigenvalue weighted by Gasteiger charge is 2.15. The van der Waals surface area contributed by atoms with E-state index in [-0.39, 0.29) is 11.1 Å². The van der Waals surface area contributed by atoms with Gasteiger partial charge in [-0.1, -0.05) is 24.3 Å². The number of benzene rings is 1. The SMILES string of the molecule is CCn1c2cc(=O)n(Cc3cccs3)cc2c(=O)n1-c1ccccc1. The van der Waals surface area contributed by atoms with Crippen LogP contribution in [0.3, 0.4) is 0 Å². The summed E-state index contributed by atoms with van der Waals surface area (Å²) in [6, 6.07) is 15.0. The minimum absolute atomic E-state index is 0.103. The first-order valence-corrected chi connectivity index (χ1v) is 9.01. The van der Waals surface area contributed by atoms with Gasteiger partial charge in [0.1, 0.15) is 0 Å². The van der Waals surface area contributed by atoms with Crippen LogP contribution in [-0.4, -0.2) is 13.9 Å². The number of aryl methyl sites for hydroxylation is 1. The third-order valence-electron chi connectivity index (χ3n) is 4.25. The van der Waals surface area contributed by atoms with Crippen molar-refractivity contribution in [3.05, 3.63) is 85.7 Å². The molecular formula is C19H17N3O2S. The van der Waals surface area contributed by atoms with E-state index in [0.717, 1.165) is 10.6 Å². The number of aromatic nitrogens is 3. The Morgan fingerprint density at radius 1 is 1.04 bits per heavy atom. The zero-order chi connectivity index (χ0) is 17.4. The Morgan fingerprint density at radius 3 is 2.52 bits per heavy atom. The fraction of sp³-hybridized carbons (Fsp3) is 0.158. The van der Waals surface area contributed by atoms with Gasteiger partial charge in [0.05, 0.1) is 23.1 Å². The highest BCUT2D eigenvalue weighted by atomic mass is 32.1. The van der Waals surface area contributed by atoms with Crippen molar-refractivity contribution in [1.82, 2.24) is 13.9 Å². The van der Waals surface area contributed by atoms with Crippen molar-refractivity contribution in [3.63, 3.8) is 0 Å². The van der Waals surface area contributed by atoms with Crippen LogP contribution in [0.1, 0.15) is 11.8 Å². The number of rotatable bonds is 4. The predicted molar refractivity (Wildman–Crippen MR) is 101 cm³/mol. The Morgan fingerprint density at radius 2 is 1.84 bits per heavy atom. The maximum atomic E-state index is 13.0. The van der Waals surface area contributed by atoms with Crippen molar-refractivity contribution >= 4 is 22.2 Å². The third kappa shape index (κ3) is 2.64. The number of thiophene rings is 1. The van der Waals surface area contributed by atoms with Gasteiger partial charge in [0.2, 0.25) is 0 Å². The minimum atomic E-state index is -0.108. The molecule has 25 heavy (non-hydrogen) atoms. The molecule has 6 heteroatoms. The number of nitrogens with zero attached hydrogens (tertiary/aromatic N) is 3. The minimum Gasteiger partial charge on any atom is -0.309 e. The molecule has 0 spiro atoms. The van der Waals surface area contributed by atoms with Crippen molar-refractivity contribution < 1.29 is 0 Å². The van der Waals surface area contributed by atoms with Crippen LogP contribution in [0.15, 0.2) is 69.7 Å². The molecule has 0 saturated carbocycles. The number of hydrogen-bond donors (Lipinski definition) is 0. The van der Waals surface area contributed by atoms with Gasteiger partial charge in [0, 0.05) is 23.7 Å². The Kier molecular flexibility index (Phi) is 3.89. The molecule has 3 aromatic heterocycles. The molecule has 0 aliphatic rings. The smallest absolute Gasteiger partial charge is 0.280 e. The second-order valence-corrected chi connectivity index (χ2v) is 6.82. The van der Waals surface area contributed by atoms with Crippen LogP contribution < -0.4 is 11.1 Å². The van der Waals surface area contributed by atoms with Gasteiger partial charge in [-0.3, -0.25) is 14.3 Å². The molecule has 4 aromatic rings. The monoisotopic (exact) mass is 351 g/mol. The van der Waals surface area contributed by atoms with Crippen LogP contribution in [0, 0.1) is 0 Å². The topological polar surface area (TPSA) is 48.9 Å². The van der Waals surface area contributed by atoms with Crippen molar-refractivity contribution in [2.75, 3.05) is 0 Å². The van der Waals surface area contributed by atoms with Gasteiger partial charge < -0.3 is 4.57 Å². The van der Waals surface area contributed by atoms with Gasteiger partial charge in [0.15, 0.2) is 0 Å². The summed E-state index contributed by atoms with van der Waals surface area (Å²) in [5.74, 6) is 0. The Labute approximate surface area is 148 Å². The van der Waals surface area contributed by atoms with Gasteiger partial charge in [0.25, 0.3) is 11.1 Å². The highest BCUT2D eigenvalue weighted by molar-refractivity contribution is 7.09. The van der Waals surface area contributed by atoms with E-state index in [9.17, 15) is 9.59 Å². The van der Waals surface area contributed by atoms with E-state index in [0.29, 0.717) is 24.0 Å². The molecular weight excluding hydrogens is 334 g/mol. The third-order valence-corrected chi connectivity index (χ3v) is 5.11. The Balaban J connectivity index is 1.96. The molecule has 0 aliphatic carbocycles. The maximum absolute atomic E-state index is 13.0. The van der Waals surface area contributed by atoms with Gasteiger partial charge in [-0.2, -0.15) is 0 Å². The molecule has 1 aromatic carbocycles. The predicted octanol–water partition coefficient (Wildman–Crippen LogP) is 3.08. The van der Waals surface area contributed by atoms with Gasteiger partial charge in [-0.05, 0) is 30.5 Å². The van der Waals surface area contributed by atoms with Crippen LogP contribution >= 0.6 is 11.3 Å². The molecule has 3 heterocycles. The molecule has 0 bridgehead atoms. The standard InChI is InChI=1S/C19H17N3O2S/c1-2-21-17-11-18(23)20(12-15-9-6-10-25-15)13-16(17)19(24)22(21)14-7-4-3-5-8-14/h3-11,13H,2,12H2,1H3. The quantitative estimate of drug-likeness (QED) is 0.567. The van der Waals surface area contributed by atoms with Crippen LogP contribution in [0.5, 0.6) is 0 Å². The zero-order valence-corrected chi connectivity index (χ0v) is 14.6. The van der Waals surface area contributed by atoms with Gasteiger partial charge >= 0.3 is 0 Å². The first-order valence-electron chi connectivity index (χ1n) is 8.13. The van der Waals surface area contributed by atoms with Crippen molar-refractivity contribution in [1.29, 1.82) is 0 Å². The van der Waals surface area contributed by atoms with Gasteiger partial charge in [-0.15, -0.1) is 11.3 Å². The van der Waals surface area contributed by atoms with Crippen molar-refractivity contribution in [2.24, 2.45) is 0 Å². The normalized spacial score (nSPS) is 11.2. The van der Waals surface area contributed by atoms with E-state index in [1.54, 1.807) is 32.8 Å². The lowest BCUT2D eigenvalue weighted by Gasteiger charge is -2.10. The van der Waals surface area contributed by atoms with E-state index in [1.165, 1.54) is 0 Å². The summed E-state index contributed by atoms with van der Waals surface area (Å²) in [5.41, 5.74) is 1.25. The van der Waals surface area contributed by atoms with Crippen LogP contribution in [0.2, 0.25) is 0 Å². The first kappa shape index (κ1) is 15.7. The molecule has 0 saturated heterocycles. The number of fused-ring (bicyclic) bond motifs is 1. The zero-order valence-electron chi connectivity index (χ0n) is 13.8. The molecule has 0 fully saturated rings. The molecule has 0 unspecified atom stereocenters. The number of para-hydroxylation sites is 1. The van der Waals surface area contributed by atoms with Gasteiger partial charge in [-0.25, -0.2) is 4.68 Å². The summed E-state index contributed by atoms with van der Waals surface area (Å²) >= 11 is 1.60. The summed E-state index contributed by atoms with van der Waals surface area (Å²) < 4.78 is 5.09. The van der Waals surface area contributed by atoms with Crippen molar-refractivity contribution in [2.45, 2.75) is 20.0 Å². The second kappa shape index (κ2) is 6.22. The lowest BCUT2D eigenvalue weighted by atomic mass is 10.3. The van der Waals surface area contributed by atoms with Crippen molar-refractivity contribution in [3.8, 4) is 5.69 Å². The number of pyridine rings is 1. The average Bonchev–Trinajstić information content (AvgIpc) is 3.23. The van der Waals surface area contributed by atoms with E-state index in [2.05, 4.69) is 0 Å². The largest absolute Gasteiger partial charge is 0.309 e. The molecule has 4 rings (SSSR count). The molecule has 0 amide bonds. The lowest BCUT2D eigenvalue weighted by molar-refractivity contribution is 0.592. The lowest BCUT2D eigenvalue weighted by Crippen LogP contribution is -2.20. The highest BCUT2D eigenvalue weighted by Crippen LogP contribution is 2.15. The molecule has 0 N–H and O–H groups in total. The second-order valence-electron chi connectivity index (χ2n) is 5.79. The molecule has 0 aliphatic heterocycles. The maximum Gasteiger partial charge on any atom is 0.280 e. The van der Waals surface area contributed by atoms with E-state index in [4.69, 9.17) is 0 Å². The van der Waals surface area contributed by atoms with Crippen LogP contribution in [0.25, 0.3) is 16.6 Å². The first-order chi connectivity index (χ1) is 12.2. The molecule has 0 radical (unpaired) electrons. The summed E-state index contributed by atoms with van der Waals surface area (Å²) in [6.07, 6.45) is 1.69.